The van der Waals surface area contributed by atoms with E-state index in [1.807, 2.05) is 30.3 Å². The highest BCUT2D eigenvalue weighted by atomic mass is 16.5. The van der Waals surface area contributed by atoms with Gasteiger partial charge in [0.15, 0.2) is 0 Å². The lowest BCUT2D eigenvalue weighted by Crippen LogP contribution is -2.16. The molecule has 2 N–H and O–H groups in total. The zero-order valence-corrected chi connectivity index (χ0v) is 11.3. The predicted octanol–water partition coefficient (Wildman–Crippen LogP) is 1.74. The number of H-pyrrole nitrogens is 1. The van der Waals surface area contributed by atoms with Crippen LogP contribution in [0.2, 0.25) is 0 Å². The van der Waals surface area contributed by atoms with E-state index in [1.165, 1.54) is 10.7 Å². The van der Waals surface area contributed by atoms with Crippen molar-refractivity contribution < 1.29 is 9.84 Å². The molecule has 0 saturated heterocycles. The van der Waals surface area contributed by atoms with Gasteiger partial charge in [0.05, 0.1) is 18.4 Å². The molecule has 108 valence electrons. The van der Waals surface area contributed by atoms with E-state index < -0.39 is 0 Å². The van der Waals surface area contributed by atoms with Crippen molar-refractivity contribution >= 4 is 5.65 Å². The summed E-state index contributed by atoms with van der Waals surface area (Å²) in [5.41, 5.74) is 0.504. The molecule has 2 heterocycles. The summed E-state index contributed by atoms with van der Waals surface area (Å²) in [6.45, 7) is 0.472. The number of nitrogens with zero attached hydrogens (tertiary/aromatic N) is 2. The van der Waals surface area contributed by atoms with E-state index in [9.17, 15) is 9.90 Å². The molecule has 3 aromatic rings. The number of aromatic hydroxyl groups is 1. The maximum atomic E-state index is 11.9. The Balaban J connectivity index is 1.67. The third-order valence-corrected chi connectivity index (χ3v) is 3.21. The van der Waals surface area contributed by atoms with Crippen molar-refractivity contribution in [3.63, 3.8) is 0 Å². The van der Waals surface area contributed by atoms with Gasteiger partial charge in [0.2, 0.25) is 5.88 Å². The van der Waals surface area contributed by atoms with Crippen LogP contribution in [0.25, 0.3) is 5.65 Å². The Morgan fingerprint density at radius 1 is 1.24 bits per heavy atom. The van der Waals surface area contributed by atoms with Gasteiger partial charge < -0.3 is 14.8 Å². The van der Waals surface area contributed by atoms with Gasteiger partial charge in [-0.25, -0.2) is 0 Å². The summed E-state index contributed by atoms with van der Waals surface area (Å²) in [6, 6.07) is 11.1. The summed E-state index contributed by atoms with van der Waals surface area (Å²) in [7, 11) is 0. The quantitative estimate of drug-likeness (QED) is 0.700. The van der Waals surface area contributed by atoms with Crippen molar-refractivity contribution in [1.29, 1.82) is 0 Å². The smallest absolute Gasteiger partial charge is 0.258 e. The summed E-state index contributed by atoms with van der Waals surface area (Å²) >= 11 is 0. The SMILES string of the molecule is O=c1[nH]c2ccnn2c(O)c1CCCOc1ccccc1. The molecule has 0 fully saturated rings. The fourth-order valence-corrected chi connectivity index (χ4v) is 2.17. The highest BCUT2D eigenvalue weighted by Gasteiger charge is 2.12. The van der Waals surface area contributed by atoms with Crippen molar-refractivity contribution in [2.24, 2.45) is 0 Å². The predicted molar refractivity (Wildman–Crippen MR) is 77.7 cm³/mol. The second-order valence-corrected chi connectivity index (χ2v) is 4.65. The number of aromatic amines is 1. The first-order chi connectivity index (χ1) is 10.3. The number of aromatic nitrogens is 3. The molecule has 0 amide bonds. The molecule has 0 radical (unpaired) electrons. The van der Waals surface area contributed by atoms with Gasteiger partial charge in [-0.2, -0.15) is 9.61 Å². The number of ether oxygens (including phenoxy) is 1. The van der Waals surface area contributed by atoms with Crippen molar-refractivity contribution in [2.45, 2.75) is 12.8 Å². The highest BCUT2D eigenvalue weighted by molar-refractivity contribution is 5.41. The maximum Gasteiger partial charge on any atom is 0.258 e. The van der Waals surface area contributed by atoms with Gasteiger partial charge in [-0.3, -0.25) is 4.79 Å². The summed E-state index contributed by atoms with van der Waals surface area (Å²) < 4.78 is 6.88. The zero-order chi connectivity index (χ0) is 14.7. The maximum absolute atomic E-state index is 11.9. The van der Waals surface area contributed by atoms with Gasteiger partial charge in [-0.1, -0.05) is 18.2 Å². The standard InChI is InChI=1S/C15H15N3O3/c19-14-12(15(20)18-13(17-14)8-9-16-18)7-4-10-21-11-5-2-1-3-6-11/h1-3,5-6,8-9,20H,4,7,10H2,(H,17,19). The molecule has 0 spiro atoms. The van der Waals surface area contributed by atoms with Crippen LogP contribution in [0.3, 0.4) is 0 Å². The molecule has 0 aliphatic heterocycles. The molecule has 0 aliphatic carbocycles. The Labute approximate surface area is 120 Å². The van der Waals surface area contributed by atoms with E-state index in [-0.39, 0.29) is 11.4 Å². The van der Waals surface area contributed by atoms with Crippen LogP contribution in [0.1, 0.15) is 12.0 Å². The van der Waals surface area contributed by atoms with Gasteiger partial charge in [0.1, 0.15) is 11.4 Å². The fourth-order valence-electron chi connectivity index (χ4n) is 2.17. The van der Waals surface area contributed by atoms with E-state index in [0.29, 0.717) is 30.7 Å². The third-order valence-electron chi connectivity index (χ3n) is 3.21. The largest absolute Gasteiger partial charge is 0.494 e. The van der Waals surface area contributed by atoms with E-state index in [0.717, 1.165) is 5.75 Å². The molecule has 21 heavy (non-hydrogen) atoms. The Bertz CT molecular complexity index is 793. The number of para-hydroxylation sites is 1. The van der Waals surface area contributed by atoms with Gasteiger partial charge in [-0.15, -0.1) is 0 Å². The molecule has 6 heteroatoms. The van der Waals surface area contributed by atoms with Gasteiger partial charge in [-0.05, 0) is 25.0 Å². The number of fused-ring (bicyclic) bond motifs is 1. The number of rotatable bonds is 5. The number of benzene rings is 1. The van der Waals surface area contributed by atoms with Crippen molar-refractivity contribution in [2.75, 3.05) is 6.61 Å². The Morgan fingerprint density at radius 3 is 2.86 bits per heavy atom. The van der Waals surface area contributed by atoms with E-state index in [4.69, 9.17) is 4.74 Å². The van der Waals surface area contributed by atoms with Crippen LogP contribution in [0.4, 0.5) is 0 Å². The molecule has 1 aromatic carbocycles. The van der Waals surface area contributed by atoms with Gasteiger partial charge in [0, 0.05) is 6.07 Å². The minimum Gasteiger partial charge on any atom is -0.494 e. The number of hydrogen-bond donors (Lipinski definition) is 2. The first kappa shape index (κ1) is 13.2. The summed E-state index contributed by atoms with van der Waals surface area (Å²) in [5, 5.41) is 14.0. The van der Waals surface area contributed by atoms with Crippen LogP contribution < -0.4 is 10.3 Å². The van der Waals surface area contributed by atoms with E-state index in [2.05, 4.69) is 10.1 Å². The van der Waals surface area contributed by atoms with Crippen molar-refractivity contribution in [3.8, 4) is 11.6 Å². The molecule has 2 aromatic heterocycles. The zero-order valence-electron chi connectivity index (χ0n) is 11.3. The van der Waals surface area contributed by atoms with Crippen molar-refractivity contribution in [3.05, 3.63) is 58.5 Å². The molecule has 6 nitrogen and oxygen atoms in total. The summed E-state index contributed by atoms with van der Waals surface area (Å²) in [4.78, 5) is 14.6. The molecule has 3 rings (SSSR count). The lowest BCUT2D eigenvalue weighted by molar-refractivity contribution is 0.309. The Hall–Kier alpha value is -2.76. The minimum absolute atomic E-state index is 0.113. The van der Waals surface area contributed by atoms with Crippen LogP contribution in [0, 0.1) is 0 Å². The topological polar surface area (TPSA) is 79.6 Å². The van der Waals surface area contributed by atoms with Crippen LogP contribution in [-0.4, -0.2) is 26.3 Å². The van der Waals surface area contributed by atoms with Crippen LogP contribution >= 0.6 is 0 Å². The van der Waals surface area contributed by atoms with Crippen LogP contribution in [0.15, 0.2) is 47.4 Å². The molecule has 0 bridgehead atoms. The normalized spacial score (nSPS) is 10.9. The Morgan fingerprint density at radius 2 is 2.05 bits per heavy atom. The lowest BCUT2D eigenvalue weighted by atomic mass is 10.2. The van der Waals surface area contributed by atoms with E-state index >= 15 is 0 Å². The molecular weight excluding hydrogens is 270 g/mol. The number of hydrogen-bond acceptors (Lipinski definition) is 4. The van der Waals surface area contributed by atoms with Crippen LogP contribution in [0.5, 0.6) is 11.6 Å². The summed E-state index contributed by atoms with van der Waals surface area (Å²) in [5.74, 6) is 0.677. The third kappa shape index (κ3) is 2.74. The van der Waals surface area contributed by atoms with Gasteiger partial charge in [0.25, 0.3) is 5.56 Å². The van der Waals surface area contributed by atoms with Gasteiger partial charge >= 0.3 is 0 Å². The molecule has 0 unspecified atom stereocenters. The first-order valence-electron chi connectivity index (χ1n) is 6.71. The van der Waals surface area contributed by atoms with Crippen molar-refractivity contribution in [1.82, 2.24) is 14.6 Å². The Kier molecular flexibility index (Phi) is 3.59. The summed E-state index contributed by atoms with van der Waals surface area (Å²) in [6.07, 6.45) is 2.56. The average molecular weight is 285 g/mol. The first-order valence-corrected chi connectivity index (χ1v) is 6.71. The minimum atomic E-state index is -0.291. The highest BCUT2D eigenvalue weighted by Crippen LogP contribution is 2.15. The second-order valence-electron chi connectivity index (χ2n) is 4.65. The molecule has 0 saturated carbocycles. The second kappa shape index (κ2) is 5.70. The fraction of sp³-hybridized carbons (Fsp3) is 0.200. The molecule has 0 aliphatic rings. The van der Waals surface area contributed by atoms with Crippen LogP contribution in [-0.2, 0) is 6.42 Å². The lowest BCUT2D eigenvalue weighted by Gasteiger charge is -2.07. The number of nitrogens with one attached hydrogen (secondary N) is 1. The van der Waals surface area contributed by atoms with E-state index in [1.54, 1.807) is 6.07 Å². The molecule has 0 atom stereocenters. The molecular formula is C15H15N3O3. The average Bonchev–Trinajstić information content (AvgIpc) is 2.96. The monoisotopic (exact) mass is 285 g/mol.